The molecule has 1 N–H and O–H groups in total. The highest BCUT2D eigenvalue weighted by Gasteiger charge is 2.56. The molecule has 0 spiro atoms. The highest BCUT2D eigenvalue weighted by Crippen LogP contribution is 2.34. The highest BCUT2D eigenvalue weighted by atomic mass is 32.1. The number of hydrogen-bond acceptors (Lipinski definition) is 4. The number of amides is 2. The lowest BCUT2D eigenvalue weighted by molar-refractivity contribution is -0.793. The van der Waals surface area contributed by atoms with Gasteiger partial charge < -0.3 is 9.84 Å². The van der Waals surface area contributed by atoms with E-state index in [2.05, 4.69) is 0 Å². The van der Waals surface area contributed by atoms with Gasteiger partial charge in [0, 0.05) is 6.42 Å². The fourth-order valence-electron chi connectivity index (χ4n) is 3.19. The van der Waals surface area contributed by atoms with Gasteiger partial charge in [-0.15, -0.1) is 4.48 Å². The van der Waals surface area contributed by atoms with Crippen LogP contribution in [0.5, 0.6) is 0 Å². The summed E-state index contributed by atoms with van der Waals surface area (Å²) >= 11 is 1.58. The Morgan fingerprint density at radius 1 is 1.32 bits per heavy atom. The van der Waals surface area contributed by atoms with Crippen molar-refractivity contribution in [1.82, 2.24) is 0 Å². The Morgan fingerprint density at radius 3 is 2.72 bits per heavy atom. The van der Waals surface area contributed by atoms with Crippen LogP contribution in [0.4, 0.5) is 9.59 Å². The van der Waals surface area contributed by atoms with Gasteiger partial charge in [-0.05, 0) is 46.5 Å². The van der Waals surface area contributed by atoms with Crippen molar-refractivity contribution in [3.8, 4) is 0 Å². The molecule has 2 atom stereocenters. The first-order valence-corrected chi connectivity index (χ1v) is 9.01. The van der Waals surface area contributed by atoms with E-state index in [1.165, 1.54) is 0 Å². The summed E-state index contributed by atoms with van der Waals surface area (Å²) in [4.78, 5) is 24.7. The van der Waals surface area contributed by atoms with Crippen molar-refractivity contribution in [2.75, 3.05) is 6.54 Å². The van der Waals surface area contributed by atoms with Crippen LogP contribution in [0.1, 0.15) is 24.5 Å². The maximum atomic E-state index is 12.7. The summed E-state index contributed by atoms with van der Waals surface area (Å²) in [6.45, 7) is 2.00. The lowest BCUT2D eigenvalue weighted by Crippen LogP contribution is -2.58. The van der Waals surface area contributed by atoms with Crippen LogP contribution in [0.25, 0.3) is 6.08 Å². The van der Waals surface area contributed by atoms with Crippen LogP contribution in [0.15, 0.2) is 52.7 Å². The third-order valence-electron chi connectivity index (χ3n) is 4.55. The molecule has 3 rings (SSSR count). The Morgan fingerprint density at radius 2 is 2.08 bits per heavy atom. The first kappa shape index (κ1) is 17.4. The van der Waals surface area contributed by atoms with Gasteiger partial charge in [0.15, 0.2) is 0 Å². The molecule has 1 aromatic heterocycles. The van der Waals surface area contributed by atoms with Gasteiger partial charge in [0.2, 0.25) is 0 Å². The zero-order chi connectivity index (χ0) is 17.9. The van der Waals surface area contributed by atoms with Crippen molar-refractivity contribution in [2.24, 2.45) is 0 Å². The predicted octanol–water partition coefficient (Wildman–Crippen LogP) is 4.76. The molecule has 1 aliphatic rings. The molecular weight excluding hydrogens is 338 g/mol. The van der Waals surface area contributed by atoms with Gasteiger partial charge in [-0.2, -0.15) is 20.9 Å². The molecule has 0 radical (unpaired) electrons. The van der Waals surface area contributed by atoms with E-state index in [1.54, 1.807) is 18.3 Å². The van der Waals surface area contributed by atoms with Crippen molar-refractivity contribution in [2.45, 2.75) is 26.0 Å². The number of ether oxygens (including phenoxy) is 1. The van der Waals surface area contributed by atoms with E-state index in [0.717, 1.165) is 16.7 Å². The number of nitrogens with zero attached hydrogens (tertiary/aromatic N) is 1. The van der Waals surface area contributed by atoms with E-state index < -0.39 is 16.7 Å². The highest BCUT2D eigenvalue weighted by molar-refractivity contribution is 7.08. The summed E-state index contributed by atoms with van der Waals surface area (Å²) in [5.74, 6) is 0. The minimum absolute atomic E-state index is 0.0727. The Kier molecular flexibility index (Phi) is 5.01. The maximum Gasteiger partial charge on any atom is 0.527 e. The predicted molar refractivity (Wildman–Crippen MR) is 96.2 cm³/mol. The Balaban J connectivity index is 1.79. The van der Waals surface area contributed by atoms with Crippen molar-refractivity contribution >= 4 is 29.6 Å². The number of imide groups is 1. The van der Waals surface area contributed by atoms with Crippen LogP contribution in [-0.4, -0.2) is 34.4 Å². The average Bonchev–Trinajstić information content (AvgIpc) is 3.22. The molecule has 1 saturated heterocycles. The van der Waals surface area contributed by atoms with Gasteiger partial charge in [0.05, 0.1) is 0 Å². The molecule has 1 aromatic carbocycles. The fourth-order valence-corrected chi connectivity index (χ4v) is 3.80. The van der Waals surface area contributed by atoms with E-state index in [4.69, 9.17) is 4.74 Å². The third kappa shape index (κ3) is 3.50. The zero-order valence-electron chi connectivity index (χ0n) is 13.9. The number of carbonyl (C=O) groups excluding carboxylic acids is 1. The fraction of sp³-hybridized carbons (Fsp3) is 0.263. The molecular formula is C19H20NO4S+. The number of hydrogen-bond donors (Lipinski definition) is 1. The third-order valence-corrected chi connectivity index (χ3v) is 5.25. The molecule has 25 heavy (non-hydrogen) atoms. The first-order valence-electron chi connectivity index (χ1n) is 8.06. The Labute approximate surface area is 150 Å². The lowest BCUT2D eigenvalue weighted by atomic mass is 10.1. The summed E-state index contributed by atoms with van der Waals surface area (Å²) in [7, 11) is 0. The SMILES string of the molecule is C[C@@H]1CC(=Cc2ccsc2)C[N+]1(C(=O)O)C(=O)OCc1ccccc1. The molecule has 2 amide bonds. The van der Waals surface area contributed by atoms with Crippen molar-refractivity contribution in [3.05, 3.63) is 63.9 Å². The summed E-state index contributed by atoms with van der Waals surface area (Å²) in [5, 5.41) is 13.8. The topological polar surface area (TPSA) is 63.6 Å². The Hall–Kier alpha value is -2.44. The number of rotatable bonds is 3. The standard InChI is InChI=1S/C19H19NO4S/c1-14-9-17(10-16-7-8-25-13-16)11-20(14,18(21)22)19(23)24-12-15-5-3-2-4-6-15/h2-8,10,13-14H,9,11-12H2,1H3/p+1/t14-,20?/m1/s1. The van der Waals surface area contributed by atoms with Gasteiger partial charge in [-0.3, -0.25) is 0 Å². The van der Waals surface area contributed by atoms with E-state index >= 15 is 0 Å². The summed E-state index contributed by atoms with van der Waals surface area (Å²) < 4.78 is 4.65. The Bertz CT molecular complexity index is 785. The van der Waals surface area contributed by atoms with Crippen molar-refractivity contribution in [3.63, 3.8) is 0 Å². The molecule has 5 nitrogen and oxygen atoms in total. The van der Waals surface area contributed by atoms with Gasteiger partial charge in [-0.25, -0.2) is 0 Å². The normalized spacial score (nSPS) is 24.4. The minimum Gasteiger partial charge on any atom is -0.435 e. The van der Waals surface area contributed by atoms with Gasteiger partial charge in [0.1, 0.15) is 19.2 Å². The number of carbonyl (C=O) groups is 2. The number of benzene rings is 1. The van der Waals surface area contributed by atoms with Crippen LogP contribution < -0.4 is 0 Å². The number of carboxylic acid groups (broad SMARTS) is 1. The van der Waals surface area contributed by atoms with Crippen LogP contribution in [0.2, 0.25) is 0 Å². The molecule has 0 saturated carbocycles. The van der Waals surface area contributed by atoms with Crippen LogP contribution in [0.3, 0.4) is 0 Å². The van der Waals surface area contributed by atoms with Crippen LogP contribution >= 0.6 is 11.3 Å². The molecule has 0 aliphatic carbocycles. The van der Waals surface area contributed by atoms with Crippen LogP contribution in [0, 0.1) is 0 Å². The lowest BCUT2D eigenvalue weighted by Gasteiger charge is -2.27. The molecule has 1 aliphatic heterocycles. The van der Waals surface area contributed by atoms with E-state index in [9.17, 15) is 14.7 Å². The van der Waals surface area contributed by atoms with E-state index in [1.807, 2.05) is 53.2 Å². The zero-order valence-corrected chi connectivity index (χ0v) is 14.7. The second-order valence-electron chi connectivity index (χ2n) is 6.26. The second kappa shape index (κ2) is 7.21. The first-order chi connectivity index (χ1) is 12.0. The molecule has 130 valence electrons. The number of likely N-dealkylation sites (tertiary alicyclic amines) is 1. The van der Waals surface area contributed by atoms with Gasteiger partial charge in [0.25, 0.3) is 0 Å². The summed E-state index contributed by atoms with van der Waals surface area (Å²) in [6, 6.07) is 10.9. The van der Waals surface area contributed by atoms with E-state index in [0.29, 0.717) is 6.42 Å². The molecule has 2 heterocycles. The van der Waals surface area contributed by atoms with Crippen LogP contribution in [-0.2, 0) is 11.3 Å². The smallest absolute Gasteiger partial charge is 0.435 e. The maximum absolute atomic E-state index is 12.7. The monoisotopic (exact) mass is 358 g/mol. The van der Waals surface area contributed by atoms with E-state index in [-0.39, 0.29) is 19.2 Å². The van der Waals surface area contributed by atoms with Crippen molar-refractivity contribution < 1.29 is 23.9 Å². The molecule has 2 aromatic rings. The molecule has 0 bridgehead atoms. The minimum atomic E-state index is -1.17. The average molecular weight is 358 g/mol. The second-order valence-corrected chi connectivity index (χ2v) is 7.04. The molecule has 1 fully saturated rings. The van der Waals surface area contributed by atoms with Gasteiger partial charge in [-0.1, -0.05) is 30.3 Å². The molecule has 6 heteroatoms. The number of thiophene rings is 1. The summed E-state index contributed by atoms with van der Waals surface area (Å²) in [6.07, 6.45) is 0.653. The number of quaternary nitrogens is 1. The summed E-state index contributed by atoms with van der Waals surface area (Å²) in [5.41, 5.74) is 2.82. The van der Waals surface area contributed by atoms with Gasteiger partial charge >= 0.3 is 12.2 Å². The largest absolute Gasteiger partial charge is 0.527 e. The quantitative estimate of drug-likeness (QED) is 0.804. The van der Waals surface area contributed by atoms with Crippen molar-refractivity contribution in [1.29, 1.82) is 0 Å². The molecule has 1 unspecified atom stereocenters.